The minimum atomic E-state index is 1.07. The van der Waals surface area contributed by atoms with Crippen LogP contribution in [0.3, 0.4) is 0 Å². The van der Waals surface area contributed by atoms with Crippen LogP contribution in [-0.4, -0.2) is 0 Å². The summed E-state index contributed by atoms with van der Waals surface area (Å²) in [5.74, 6) is 0. The van der Waals surface area contributed by atoms with Gasteiger partial charge in [0.2, 0.25) is 0 Å². The summed E-state index contributed by atoms with van der Waals surface area (Å²) in [6, 6.07) is 34.3. The van der Waals surface area contributed by atoms with E-state index in [-0.39, 0.29) is 0 Å². The maximum absolute atomic E-state index is 3.55. The molecule has 0 unspecified atom stereocenters. The van der Waals surface area contributed by atoms with Crippen LogP contribution in [0.1, 0.15) is 11.1 Å². The maximum Gasteiger partial charge on any atom is 0.0463 e. The van der Waals surface area contributed by atoms with Crippen molar-refractivity contribution in [3.05, 3.63) is 108 Å². The summed E-state index contributed by atoms with van der Waals surface area (Å²) in [6.07, 6.45) is 2.15. The number of fused-ring (bicyclic) bond motifs is 1. The molecule has 0 fully saturated rings. The Morgan fingerprint density at radius 3 is 1.96 bits per heavy atom. The maximum atomic E-state index is 3.55. The van der Waals surface area contributed by atoms with Crippen LogP contribution in [0.4, 0.5) is 11.4 Å². The van der Waals surface area contributed by atoms with E-state index in [1.807, 2.05) is 0 Å². The first-order valence-corrected chi connectivity index (χ1v) is 8.76. The summed E-state index contributed by atoms with van der Waals surface area (Å²) in [7, 11) is 0. The van der Waals surface area contributed by atoms with Crippen molar-refractivity contribution in [1.82, 2.24) is 0 Å². The highest BCUT2D eigenvalue weighted by Gasteiger charge is 2.01. The molecule has 122 valence electrons. The van der Waals surface area contributed by atoms with Crippen molar-refractivity contribution in [2.45, 2.75) is 12.8 Å². The van der Waals surface area contributed by atoms with Crippen LogP contribution in [0.2, 0.25) is 0 Å². The first-order valence-electron chi connectivity index (χ1n) is 8.76. The molecule has 0 saturated heterocycles. The zero-order valence-corrected chi connectivity index (χ0v) is 14.2. The second-order valence-corrected chi connectivity index (χ2v) is 6.33. The predicted molar refractivity (Wildman–Crippen MR) is 108 cm³/mol. The molecule has 1 nitrogen and oxygen atoms in total. The van der Waals surface area contributed by atoms with Gasteiger partial charge in [-0.05, 0) is 47.6 Å². The first-order chi connectivity index (χ1) is 12.4. The number of anilines is 2. The van der Waals surface area contributed by atoms with Crippen molar-refractivity contribution < 1.29 is 0 Å². The Morgan fingerprint density at radius 2 is 1.16 bits per heavy atom. The molecule has 0 aromatic heterocycles. The minimum absolute atomic E-state index is 1.07. The molecule has 4 rings (SSSR count). The summed E-state index contributed by atoms with van der Waals surface area (Å²) >= 11 is 0. The van der Waals surface area contributed by atoms with Crippen LogP contribution >= 0.6 is 0 Å². The smallest absolute Gasteiger partial charge is 0.0463 e. The largest absolute Gasteiger partial charge is 0.355 e. The molecule has 4 aromatic carbocycles. The van der Waals surface area contributed by atoms with Gasteiger partial charge in [0.25, 0.3) is 0 Å². The standard InChI is InChI=1S/C24H21N/c1-2-7-19(8-3-1)13-14-20-15-17-22(18-16-20)25-24-12-6-10-21-9-4-5-11-23(21)24/h1-12,15-18,25H,13-14H2. The number of nitrogens with one attached hydrogen (secondary N) is 1. The molecule has 0 aliphatic rings. The van der Waals surface area contributed by atoms with E-state index in [1.165, 1.54) is 21.9 Å². The molecular weight excluding hydrogens is 302 g/mol. The van der Waals surface area contributed by atoms with E-state index in [9.17, 15) is 0 Å². The molecule has 0 bridgehead atoms. The van der Waals surface area contributed by atoms with Crippen LogP contribution in [0.15, 0.2) is 97.1 Å². The van der Waals surface area contributed by atoms with Crippen LogP contribution in [-0.2, 0) is 12.8 Å². The van der Waals surface area contributed by atoms with Gasteiger partial charge in [0.05, 0.1) is 0 Å². The van der Waals surface area contributed by atoms with Crippen molar-refractivity contribution >= 4 is 22.1 Å². The van der Waals surface area contributed by atoms with Gasteiger partial charge in [0, 0.05) is 16.8 Å². The summed E-state index contributed by atoms with van der Waals surface area (Å²) in [5.41, 5.74) is 5.03. The monoisotopic (exact) mass is 323 g/mol. The number of hydrogen-bond donors (Lipinski definition) is 1. The van der Waals surface area contributed by atoms with Crippen molar-refractivity contribution in [2.24, 2.45) is 0 Å². The van der Waals surface area contributed by atoms with Gasteiger partial charge in [-0.3, -0.25) is 0 Å². The molecule has 0 radical (unpaired) electrons. The Morgan fingerprint density at radius 1 is 0.520 bits per heavy atom. The Kier molecular flexibility index (Phi) is 4.47. The second kappa shape index (κ2) is 7.23. The molecule has 0 aliphatic heterocycles. The molecule has 0 spiro atoms. The van der Waals surface area contributed by atoms with Gasteiger partial charge in [-0.25, -0.2) is 0 Å². The minimum Gasteiger partial charge on any atom is -0.355 e. The summed E-state index contributed by atoms with van der Waals surface area (Å²) in [6.45, 7) is 0. The van der Waals surface area contributed by atoms with Crippen molar-refractivity contribution in [3.63, 3.8) is 0 Å². The average Bonchev–Trinajstić information content (AvgIpc) is 2.69. The normalized spacial score (nSPS) is 10.7. The lowest BCUT2D eigenvalue weighted by molar-refractivity contribution is 0.960. The van der Waals surface area contributed by atoms with E-state index in [1.54, 1.807) is 0 Å². The quantitative estimate of drug-likeness (QED) is 0.450. The van der Waals surface area contributed by atoms with E-state index >= 15 is 0 Å². The molecule has 1 N–H and O–H groups in total. The lowest BCUT2D eigenvalue weighted by Crippen LogP contribution is -1.94. The second-order valence-electron chi connectivity index (χ2n) is 6.33. The van der Waals surface area contributed by atoms with E-state index in [0.717, 1.165) is 24.2 Å². The number of benzene rings is 4. The summed E-state index contributed by atoms with van der Waals surface area (Å²) in [5, 5.41) is 6.05. The number of rotatable bonds is 5. The zero-order valence-electron chi connectivity index (χ0n) is 14.2. The molecule has 1 heteroatoms. The SMILES string of the molecule is c1ccc(CCc2ccc(Nc3cccc4ccccc34)cc2)cc1. The van der Waals surface area contributed by atoms with Crippen molar-refractivity contribution in [3.8, 4) is 0 Å². The lowest BCUT2D eigenvalue weighted by atomic mass is 10.0. The topological polar surface area (TPSA) is 12.0 Å². The Hall–Kier alpha value is -3.06. The van der Waals surface area contributed by atoms with E-state index < -0.39 is 0 Å². The third kappa shape index (κ3) is 3.72. The van der Waals surface area contributed by atoms with Gasteiger partial charge >= 0.3 is 0 Å². The molecule has 0 heterocycles. The first kappa shape index (κ1) is 15.5. The molecule has 0 saturated carbocycles. The molecule has 0 amide bonds. The van der Waals surface area contributed by atoms with E-state index in [4.69, 9.17) is 0 Å². The molecular formula is C24H21N. The molecule has 0 aliphatic carbocycles. The van der Waals surface area contributed by atoms with Gasteiger partial charge in [-0.1, -0.05) is 78.9 Å². The fourth-order valence-electron chi connectivity index (χ4n) is 3.18. The Bertz CT molecular complexity index is 951. The fourth-order valence-corrected chi connectivity index (χ4v) is 3.18. The highest BCUT2D eigenvalue weighted by Crippen LogP contribution is 2.26. The fraction of sp³-hybridized carbons (Fsp3) is 0.0833. The van der Waals surface area contributed by atoms with Crippen molar-refractivity contribution in [1.29, 1.82) is 0 Å². The molecule has 25 heavy (non-hydrogen) atoms. The Balaban J connectivity index is 1.47. The predicted octanol–water partition coefficient (Wildman–Crippen LogP) is 6.37. The van der Waals surface area contributed by atoms with Crippen LogP contribution in [0.25, 0.3) is 10.8 Å². The summed E-state index contributed by atoms with van der Waals surface area (Å²) in [4.78, 5) is 0. The van der Waals surface area contributed by atoms with Gasteiger partial charge in [0.1, 0.15) is 0 Å². The highest BCUT2D eigenvalue weighted by molar-refractivity contribution is 5.95. The third-order valence-corrected chi connectivity index (χ3v) is 4.57. The summed E-state index contributed by atoms with van der Waals surface area (Å²) < 4.78 is 0. The molecule has 0 atom stereocenters. The van der Waals surface area contributed by atoms with Crippen LogP contribution in [0, 0.1) is 0 Å². The van der Waals surface area contributed by atoms with E-state index in [0.29, 0.717) is 0 Å². The van der Waals surface area contributed by atoms with Crippen LogP contribution < -0.4 is 5.32 Å². The highest BCUT2D eigenvalue weighted by atomic mass is 14.9. The van der Waals surface area contributed by atoms with Crippen LogP contribution in [0.5, 0.6) is 0 Å². The van der Waals surface area contributed by atoms with Gasteiger partial charge in [-0.2, -0.15) is 0 Å². The average molecular weight is 323 g/mol. The molecule has 4 aromatic rings. The number of hydrogen-bond acceptors (Lipinski definition) is 1. The van der Waals surface area contributed by atoms with Crippen molar-refractivity contribution in [2.75, 3.05) is 5.32 Å². The zero-order chi connectivity index (χ0) is 16.9. The van der Waals surface area contributed by atoms with Gasteiger partial charge < -0.3 is 5.32 Å². The lowest BCUT2D eigenvalue weighted by Gasteiger charge is -2.10. The van der Waals surface area contributed by atoms with Gasteiger partial charge in [0.15, 0.2) is 0 Å². The number of aryl methyl sites for hydroxylation is 2. The van der Waals surface area contributed by atoms with E-state index in [2.05, 4.69) is 102 Å². The Labute approximate surface area is 149 Å². The van der Waals surface area contributed by atoms with Gasteiger partial charge in [-0.15, -0.1) is 0 Å². The third-order valence-electron chi connectivity index (χ3n) is 4.57.